The number of aliphatic hydroxyl groups excluding tert-OH is 1. The smallest absolute Gasteiger partial charge is 0.123 e. The lowest BCUT2D eigenvalue weighted by atomic mass is 10.1. The maximum atomic E-state index is 9.55. The summed E-state index contributed by atoms with van der Waals surface area (Å²) in [4.78, 5) is 0.807. The van der Waals surface area contributed by atoms with E-state index in [0.717, 1.165) is 10.4 Å². The molecule has 0 radical (unpaired) electrons. The zero-order valence-corrected chi connectivity index (χ0v) is 7.56. The molecule has 3 heteroatoms. The van der Waals surface area contributed by atoms with Gasteiger partial charge in [0.2, 0.25) is 0 Å². The molecule has 2 nitrogen and oxygen atoms in total. The Labute approximate surface area is 75.4 Å². The molecule has 0 aliphatic heterocycles. The minimum Gasteiger partial charge on any atom is -0.382 e. The summed E-state index contributed by atoms with van der Waals surface area (Å²) in [6, 6.07) is 3.75. The van der Waals surface area contributed by atoms with E-state index in [1.54, 1.807) is 0 Å². The third-order valence-corrected chi connectivity index (χ3v) is 2.70. The summed E-state index contributed by atoms with van der Waals surface area (Å²) in [5, 5.41) is 19.9. The van der Waals surface area contributed by atoms with E-state index in [2.05, 4.69) is 6.58 Å². The monoisotopic (exact) mass is 179 g/mol. The molecule has 1 aromatic heterocycles. The molecule has 62 valence electrons. The van der Waals surface area contributed by atoms with Crippen molar-refractivity contribution in [3.8, 4) is 6.07 Å². The number of aliphatic hydroxyl groups is 1. The molecule has 0 aliphatic carbocycles. The zero-order chi connectivity index (χ0) is 9.14. The van der Waals surface area contributed by atoms with E-state index in [0.29, 0.717) is 0 Å². The molecule has 1 heterocycles. The van der Waals surface area contributed by atoms with Crippen LogP contribution < -0.4 is 0 Å². The highest BCUT2D eigenvalue weighted by molar-refractivity contribution is 7.10. The lowest BCUT2D eigenvalue weighted by Crippen LogP contribution is -1.97. The first-order valence-electron chi connectivity index (χ1n) is 3.47. The molecule has 0 aliphatic rings. The lowest BCUT2D eigenvalue weighted by molar-refractivity contribution is 0.224. The van der Waals surface area contributed by atoms with E-state index >= 15 is 0 Å². The second kappa shape index (κ2) is 3.53. The molecule has 0 saturated carbocycles. The van der Waals surface area contributed by atoms with Crippen molar-refractivity contribution in [1.82, 2.24) is 0 Å². The quantitative estimate of drug-likeness (QED) is 0.707. The molecular weight excluding hydrogens is 170 g/mol. The van der Waals surface area contributed by atoms with Gasteiger partial charge in [-0.2, -0.15) is 5.26 Å². The molecule has 0 amide bonds. The second-order valence-electron chi connectivity index (χ2n) is 2.51. The first-order valence-corrected chi connectivity index (χ1v) is 4.35. The summed E-state index contributed by atoms with van der Waals surface area (Å²) in [6.07, 6.45) is -0.824. The van der Waals surface area contributed by atoms with Crippen LogP contribution in [0.2, 0.25) is 0 Å². The van der Waals surface area contributed by atoms with Crippen molar-refractivity contribution in [2.75, 3.05) is 0 Å². The highest BCUT2D eigenvalue weighted by Crippen LogP contribution is 2.27. The molecule has 0 saturated heterocycles. The van der Waals surface area contributed by atoms with E-state index in [-0.39, 0.29) is 5.57 Å². The average Bonchev–Trinajstić information content (AvgIpc) is 2.48. The molecule has 1 N–H and O–H groups in total. The Balaban J connectivity index is 2.94. The van der Waals surface area contributed by atoms with E-state index < -0.39 is 6.10 Å². The van der Waals surface area contributed by atoms with Gasteiger partial charge in [0.25, 0.3) is 0 Å². The Morgan fingerprint density at radius 3 is 2.92 bits per heavy atom. The van der Waals surface area contributed by atoms with Crippen LogP contribution in [0.15, 0.2) is 23.6 Å². The maximum absolute atomic E-state index is 9.55. The number of hydrogen-bond donors (Lipinski definition) is 1. The molecule has 1 aromatic rings. The SMILES string of the molecule is C=C(C#N)C(O)c1sccc1C. The van der Waals surface area contributed by atoms with Crippen LogP contribution in [0.5, 0.6) is 0 Å². The lowest BCUT2D eigenvalue weighted by Gasteiger charge is -2.06. The van der Waals surface area contributed by atoms with Crippen molar-refractivity contribution in [2.24, 2.45) is 0 Å². The Bertz CT molecular complexity index is 335. The van der Waals surface area contributed by atoms with Crippen LogP contribution in [0.25, 0.3) is 0 Å². The zero-order valence-electron chi connectivity index (χ0n) is 6.74. The van der Waals surface area contributed by atoms with Crippen molar-refractivity contribution in [3.63, 3.8) is 0 Å². The van der Waals surface area contributed by atoms with Crippen LogP contribution in [0, 0.1) is 18.3 Å². The molecule has 0 bridgehead atoms. The van der Waals surface area contributed by atoms with Gasteiger partial charge in [0.05, 0.1) is 11.6 Å². The second-order valence-corrected chi connectivity index (χ2v) is 3.46. The molecule has 0 fully saturated rings. The van der Waals surface area contributed by atoms with Crippen molar-refractivity contribution in [3.05, 3.63) is 34.0 Å². The topological polar surface area (TPSA) is 44.0 Å². The molecule has 1 unspecified atom stereocenters. The number of thiophene rings is 1. The number of hydrogen-bond acceptors (Lipinski definition) is 3. The van der Waals surface area contributed by atoms with Gasteiger partial charge in [-0.15, -0.1) is 11.3 Å². The number of aryl methyl sites for hydroxylation is 1. The minimum atomic E-state index is -0.824. The van der Waals surface area contributed by atoms with Crippen LogP contribution in [-0.4, -0.2) is 5.11 Å². The summed E-state index contributed by atoms with van der Waals surface area (Å²) in [7, 11) is 0. The summed E-state index contributed by atoms with van der Waals surface area (Å²) in [6.45, 7) is 5.37. The van der Waals surface area contributed by atoms with E-state index in [1.165, 1.54) is 11.3 Å². The Morgan fingerprint density at radius 2 is 2.50 bits per heavy atom. The van der Waals surface area contributed by atoms with E-state index in [9.17, 15) is 5.11 Å². The van der Waals surface area contributed by atoms with Crippen molar-refractivity contribution in [2.45, 2.75) is 13.0 Å². The van der Waals surface area contributed by atoms with Crippen molar-refractivity contribution in [1.29, 1.82) is 5.26 Å². The summed E-state index contributed by atoms with van der Waals surface area (Å²) >= 11 is 1.44. The predicted octanol–water partition coefficient (Wildman–Crippen LogP) is 2.17. The highest BCUT2D eigenvalue weighted by atomic mass is 32.1. The van der Waals surface area contributed by atoms with Crippen LogP contribution in [0.3, 0.4) is 0 Å². The Hall–Kier alpha value is -1.11. The highest BCUT2D eigenvalue weighted by Gasteiger charge is 2.14. The summed E-state index contributed by atoms with van der Waals surface area (Å²) in [5.41, 5.74) is 1.20. The maximum Gasteiger partial charge on any atom is 0.123 e. The fourth-order valence-corrected chi connectivity index (χ4v) is 1.83. The largest absolute Gasteiger partial charge is 0.382 e. The third kappa shape index (κ3) is 1.55. The Morgan fingerprint density at radius 1 is 1.83 bits per heavy atom. The molecule has 12 heavy (non-hydrogen) atoms. The fraction of sp³-hybridized carbons (Fsp3) is 0.222. The van der Waals surface area contributed by atoms with E-state index in [1.807, 2.05) is 24.4 Å². The molecule has 1 atom stereocenters. The van der Waals surface area contributed by atoms with Gasteiger partial charge in [-0.1, -0.05) is 6.58 Å². The number of nitrogens with zero attached hydrogens (tertiary/aromatic N) is 1. The minimum absolute atomic E-state index is 0.195. The number of nitriles is 1. The number of rotatable bonds is 2. The van der Waals surface area contributed by atoms with Crippen LogP contribution >= 0.6 is 11.3 Å². The van der Waals surface area contributed by atoms with Gasteiger partial charge < -0.3 is 5.11 Å². The van der Waals surface area contributed by atoms with Crippen LogP contribution in [0.4, 0.5) is 0 Å². The molecule has 1 rings (SSSR count). The summed E-state index contributed by atoms with van der Waals surface area (Å²) in [5.74, 6) is 0. The van der Waals surface area contributed by atoms with Crippen LogP contribution in [-0.2, 0) is 0 Å². The van der Waals surface area contributed by atoms with Crippen molar-refractivity contribution < 1.29 is 5.11 Å². The molecule has 0 aromatic carbocycles. The predicted molar refractivity (Wildman–Crippen MR) is 48.8 cm³/mol. The molecule has 0 spiro atoms. The standard InChI is InChI=1S/C9H9NOS/c1-6-3-4-12-9(6)8(11)7(2)5-10/h3-4,8,11H,2H2,1H3. The van der Waals surface area contributed by atoms with Crippen molar-refractivity contribution >= 4 is 11.3 Å². The van der Waals surface area contributed by atoms with Gasteiger partial charge in [-0.05, 0) is 23.9 Å². The van der Waals surface area contributed by atoms with Gasteiger partial charge in [0.15, 0.2) is 0 Å². The van der Waals surface area contributed by atoms with Gasteiger partial charge >= 0.3 is 0 Å². The fourth-order valence-electron chi connectivity index (χ4n) is 0.884. The molecular formula is C9H9NOS. The normalized spacial score (nSPS) is 12.1. The van der Waals surface area contributed by atoms with Crippen LogP contribution in [0.1, 0.15) is 16.5 Å². The summed E-state index contributed by atoms with van der Waals surface area (Å²) < 4.78 is 0. The van der Waals surface area contributed by atoms with E-state index in [4.69, 9.17) is 5.26 Å². The first kappa shape index (κ1) is 8.98. The average molecular weight is 179 g/mol. The van der Waals surface area contributed by atoms with Gasteiger partial charge in [0, 0.05) is 4.88 Å². The third-order valence-electron chi connectivity index (χ3n) is 1.62. The Kier molecular flexibility index (Phi) is 2.64. The van der Waals surface area contributed by atoms with Gasteiger partial charge in [-0.3, -0.25) is 0 Å². The van der Waals surface area contributed by atoms with Gasteiger partial charge in [0.1, 0.15) is 6.10 Å². The van der Waals surface area contributed by atoms with Gasteiger partial charge in [-0.25, -0.2) is 0 Å². The first-order chi connectivity index (χ1) is 5.66.